The van der Waals surface area contributed by atoms with Crippen molar-refractivity contribution in [1.29, 1.82) is 0 Å². The number of hydrogen-bond donors (Lipinski definition) is 1. The molecule has 8 nitrogen and oxygen atoms in total. The van der Waals surface area contributed by atoms with Gasteiger partial charge in [-0.25, -0.2) is 13.2 Å². The lowest BCUT2D eigenvalue weighted by Gasteiger charge is -2.09. The van der Waals surface area contributed by atoms with Crippen molar-refractivity contribution in [2.45, 2.75) is 18.7 Å². The van der Waals surface area contributed by atoms with Crippen molar-refractivity contribution in [2.75, 3.05) is 18.2 Å². The number of halogens is 1. The summed E-state index contributed by atoms with van der Waals surface area (Å²) in [6.45, 7) is 2.98. The molecule has 1 aromatic heterocycles. The van der Waals surface area contributed by atoms with Crippen molar-refractivity contribution in [3.8, 4) is 0 Å². The molecule has 2 aromatic rings. The van der Waals surface area contributed by atoms with Crippen LogP contribution < -0.4 is 5.32 Å². The fourth-order valence-electron chi connectivity index (χ4n) is 2.23. The number of hydrogen-bond acceptors (Lipinski definition) is 6. The zero-order valence-corrected chi connectivity index (χ0v) is 16.2. The van der Waals surface area contributed by atoms with Gasteiger partial charge >= 0.3 is 5.97 Å². The van der Waals surface area contributed by atoms with Gasteiger partial charge in [0.05, 0.1) is 32.6 Å². The van der Waals surface area contributed by atoms with Crippen molar-refractivity contribution in [2.24, 2.45) is 7.05 Å². The number of sulfone groups is 1. The Hall–Kier alpha value is -2.39. The highest BCUT2D eigenvalue weighted by Gasteiger charge is 2.19. The van der Waals surface area contributed by atoms with Gasteiger partial charge in [-0.1, -0.05) is 11.6 Å². The summed E-state index contributed by atoms with van der Waals surface area (Å²) >= 11 is 5.92. The summed E-state index contributed by atoms with van der Waals surface area (Å²) < 4.78 is 29.7. The summed E-state index contributed by atoms with van der Waals surface area (Å²) in [5.74, 6) is -1.44. The molecule has 0 spiro atoms. The monoisotopic (exact) mass is 399 g/mol. The molecule has 0 atom stereocenters. The summed E-state index contributed by atoms with van der Waals surface area (Å²) in [6.07, 6.45) is 1.01. The van der Waals surface area contributed by atoms with E-state index in [1.54, 1.807) is 25.6 Å². The Morgan fingerprint density at radius 1 is 1.31 bits per heavy atom. The van der Waals surface area contributed by atoms with Crippen LogP contribution >= 0.6 is 11.6 Å². The van der Waals surface area contributed by atoms with E-state index >= 15 is 0 Å². The van der Waals surface area contributed by atoms with Crippen LogP contribution in [0.2, 0.25) is 5.02 Å². The minimum absolute atomic E-state index is 0.0294. The summed E-state index contributed by atoms with van der Waals surface area (Å²) in [7, 11) is -1.76. The van der Waals surface area contributed by atoms with Crippen LogP contribution in [-0.4, -0.2) is 42.9 Å². The first-order valence-corrected chi connectivity index (χ1v) is 9.74. The van der Waals surface area contributed by atoms with Crippen molar-refractivity contribution in [3.05, 3.63) is 40.2 Å². The minimum Gasteiger partial charge on any atom is -0.452 e. The predicted molar refractivity (Wildman–Crippen MR) is 96.2 cm³/mol. The molecule has 0 saturated heterocycles. The Morgan fingerprint density at radius 3 is 2.50 bits per heavy atom. The van der Waals surface area contributed by atoms with Crippen LogP contribution in [0.15, 0.2) is 23.1 Å². The molecule has 0 aliphatic heterocycles. The normalized spacial score (nSPS) is 11.3. The average Bonchev–Trinajstić information content (AvgIpc) is 2.78. The highest BCUT2D eigenvalue weighted by molar-refractivity contribution is 7.90. The van der Waals surface area contributed by atoms with E-state index in [2.05, 4.69) is 10.4 Å². The lowest BCUT2D eigenvalue weighted by molar-refractivity contribution is -0.119. The number of rotatable bonds is 5. The number of ether oxygens (including phenoxy) is 1. The molecule has 0 saturated carbocycles. The van der Waals surface area contributed by atoms with E-state index in [4.69, 9.17) is 16.3 Å². The quantitative estimate of drug-likeness (QED) is 0.769. The van der Waals surface area contributed by atoms with E-state index in [1.807, 2.05) is 0 Å². The number of aromatic nitrogens is 2. The largest absolute Gasteiger partial charge is 0.452 e. The third-order valence-corrected chi connectivity index (χ3v) is 5.13. The van der Waals surface area contributed by atoms with Crippen molar-refractivity contribution in [3.63, 3.8) is 0 Å². The molecule has 1 amide bonds. The second kappa shape index (κ2) is 7.46. The molecular weight excluding hydrogens is 382 g/mol. The minimum atomic E-state index is -3.51. The average molecular weight is 400 g/mol. The topological polar surface area (TPSA) is 107 Å². The van der Waals surface area contributed by atoms with Gasteiger partial charge in [0, 0.05) is 13.3 Å². The molecule has 2 rings (SSSR count). The predicted octanol–water partition coefficient (Wildman–Crippen LogP) is 1.89. The lowest BCUT2D eigenvalue weighted by atomic mass is 10.2. The SMILES string of the molecule is Cc1nn(C)c(C)c1NC(=O)COC(=O)c1cc(S(C)(=O)=O)ccc1Cl. The zero-order valence-electron chi connectivity index (χ0n) is 14.7. The molecule has 0 fully saturated rings. The number of nitrogens with one attached hydrogen (secondary N) is 1. The molecule has 10 heteroatoms. The van der Waals surface area contributed by atoms with Gasteiger partial charge in [0.2, 0.25) is 0 Å². The lowest BCUT2D eigenvalue weighted by Crippen LogP contribution is -2.21. The fraction of sp³-hybridized carbons (Fsp3) is 0.312. The van der Waals surface area contributed by atoms with Crippen LogP contribution in [0.5, 0.6) is 0 Å². The Morgan fingerprint density at radius 2 is 1.96 bits per heavy atom. The van der Waals surface area contributed by atoms with Gasteiger partial charge in [0.15, 0.2) is 16.4 Å². The first-order valence-electron chi connectivity index (χ1n) is 7.47. The molecule has 0 unspecified atom stereocenters. The van der Waals surface area contributed by atoms with Crippen molar-refractivity contribution >= 4 is 39.0 Å². The van der Waals surface area contributed by atoms with Gasteiger partial charge in [-0.05, 0) is 32.0 Å². The Balaban J connectivity index is 2.08. The van der Waals surface area contributed by atoms with Crippen LogP contribution in [0.3, 0.4) is 0 Å². The Kier molecular flexibility index (Phi) is 5.72. The summed E-state index contributed by atoms with van der Waals surface area (Å²) in [6, 6.07) is 3.69. The van der Waals surface area contributed by atoms with E-state index in [1.165, 1.54) is 12.1 Å². The molecule has 26 heavy (non-hydrogen) atoms. The van der Waals surface area contributed by atoms with Crippen molar-refractivity contribution < 1.29 is 22.7 Å². The summed E-state index contributed by atoms with van der Waals surface area (Å²) in [5.41, 5.74) is 1.81. The van der Waals surface area contributed by atoms with Crippen LogP contribution in [0, 0.1) is 13.8 Å². The van der Waals surface area contributed by atoms with Gasteiger partial charge in [-0.2, -0.15) is 5.10 Å². The standard InChI is InChI=1S/C16H18ClN3O5S/c1-9-15(10(2)20(3)19-9)18-14(21)8-25-16(22)12-7-11(26(4,23)24)5-6-13(12)17/h5-7H,8H2,1-4H3,(H,18,21). The first-order chi connectivity index (χ1) is 12.0. The summed E-state index contributed by atoms with van der Waals surface area (Å²) in [5, 5.41) is 6.83. The number of carbonyl (C=O) groups is 2. The van der Waals surface area contributed by atoms with Crippen LogP contribution in [0.25, 0.3) is 0 Å². The molecule has 0 aliphatic rings. The number of benzene rings is 1. The third-order valence-electron chi connectivity index (χ3n) is 3.69. The number of anilines is 1. The molecule has 0 aliphatic carbocycles. The number of nitrogens with zero attached hydrogens (tertiary/aromatic N) is 2. The number of esters is 1. The van der Waals surface area contributed by atoms with E-state index in [0.29, 0.717) is 11.4 Å². The van der Waals surface area contributed by atoms with Crippen LogP contribution in [-0.2, 0) is 26.4 Å². The molecule has 1 aromatic carbocycles. The van der Waals surface area contributed by atoms with E-state index in [-0.39, 0.29) is 15.5 Å². The molecule has 140 valence electrons. The van der Waals surface area contributed by atoms with E-state index in [0.717, 1.165) is 18.0 Å². The Bertz CT molecular complexity index is 982. The highest BCUT2D eigenvalue weighted by Crippen LogP contribution is 2.22. The molecule has 1 N–H and O–H groups in total. The zero-order chi connectivity index (χ0) is 19.6. The third kappa shape index (κ3) is 4.41. The maximum atomic E-state index is 12.1. The smallest absolute Gasteiger partial charge is 0.340 e. The van der Waals surface area contributed by atoms with Gasteiger partial charge < -0.3 is 10.1 Å². The molecular formula is C16H18ClN3O5S. The Labute approximate surface area is 156 Å². The van der Waals surface area contributed by atoms with Gasteiger partial charge in [-0.15, -0.1) is 0 Å². The molecule has 1 heterocycles. The maximum Gasteiger partial charge on any atom is 0.340 e. The van der Waals surface area contributed by atoms with Gasteiger partial charge in [0.1, 0.15) is 0 Å². The van der Waals surface area contributed by atoms with E-state index < -0.39 is 28.3 Å². The second-order valence-corrected chi connectivity index (χ2v) is 8.13. The first kappa shape index (κ1) is 19.9. The number of aryl methyl sites for hydroxylation is 2. The van der Waals surface area contributed by atoms with Crippen LogP contribution in [0.4, 0.5) is 5.69 Å². The van der Waals surface area contributed by atoms with E-state index in [9.17, 15) is 18.0 Å². The van der Waals surface area contributed by atoms with Gasteiger partial charge in [-0.3, -0.25) is 9.48 Å². The molecule has 0 radical (unpaired) electrons. The maximum absolute atomic E-state index is 12.1. The fourth-order valence-corrected chi connectivity index (χ4v) is 3.07. The van der Waals surface area contributed by atoms with Crippen LogP contribution in [0.1, 0.15) is 21.7 Å². The van der Waals surface area contributed by atoms with Gasteiger partial charge in [0.25, 0.3) is 5.91 Å². The second-order valence-electron chi connectivity index (χ2n) is 5.71. The molecule has 0 bridgehead atoms. The summed E-state index contributed by atoms with van der Waals surface area (Å²) in [4.78, 5) is 24.1. The number of carbonyl (C=O) groups excluding carboxylic acids is 2. The van der Waals surface area contributed by atoms with Crippen molar-refractivity contribution in [1.82, 2.24) is 9.78 Å². The highest BCUT2D eigenvalue weighted by atomic mass is 35.5. The number of amides is 1.